The largest absolute Gasteiger partial charge is 0.395 e. The summed E-state index contributed by atoms with van der Waals surface area (Å²) >= 11 is 0. The van der Waals surface area contributed by atoms with Gasteiger partial charge < -0.3 is 15.4 Å². The number of amides is 1. The summed E-state index contributed by atoms with van der Waals surface area (Å²) < 4.78 is 0. The highest BCUT2D eigenvalue weighted by molar-refractivity contribution is 5.79. The number of hydrogen-bond donors (Lipinski definition) is 3. The maximum absolute atomic E-state index is 11.3. The molecule has 2 rings (SSSR count). The maximum atomic E-state index is 11.3. The molecule has 0 aromatic heterocycles. The van der Waals surface area contributed by atoms with E-state index in [2.05, 4.69) is 11.2 Å². The maximum Gasteiger partial charge on any atom is 0.241 e. The summed E-state index contributed by atoms with van der Waals surface area (Å²) in [5.74, 6) is -0.424. The van der Waals surface area contributed by atoms with Crippen molar-refractivity contribution in [3.8, 4) is 0 Å². The van der Waals surface area contributed by atoms with Gasteiger partial charge in [-0.2, -0.15) is 0 Å². The predicted molar refractivity (Wildman–Crippen MR) is 52.9 cm³/mol. The number of nitrogens with one attached hydrogen (secondary N) is 2. The lowest BCUT2D eigenvalue weighted by Crippen LogP contribution is -2.48. The molecule has 8 heteroatoms. The number of hydrogen-bond acceptors (Lipinski definition) is 7. The first-order valence-corrected chi connectivity index (χ1v) is 4.77. The number of hydrazine groups is 2. The van der Waals surface area contributed by atoms with Gasteiger partial charge in [0.2, 0.25) is 5.91 Å². The third-order valence-corrected chi connectivity index (χ3v) is 2.23. The minimum absolute atomic E-state index is 0.424. The standard InChI is InChI=1S/C8H13N5O3/c9-8(14)7(13-4-6-16-11-13)1-2-12-3-5-15-10-12/h3-7,10-11H,1-2H2,(H2,9,14). The summed E-state index contributed by atoms with van der Waals surface area (Å²) in [6, 6.07) is -0.477. The van der Waals surface area contributed by atoms with Gasteiger partial charge in [0.1, 0.15) is 18.6 Å². The first-order chi connectivity index (χ1) is 7.77. The van der Waals surface area contributed by atoms with Gasteiger partial charge in [-0.25, -0.2) is 0 Å². The smallest absolute Gasteiger partial charge is 0.241 e. The molecule has 0 fully saturated rings. The summed E-state index contributed by atoms with van der Waals surface area (Å²) in [6.07, 6.45) is 6.81. The molecule has 0 spiro atoms. The van der Waals surface area contributed by atoms with Gasteiger partial charge in [0.15, 0.2) is 0 Å². The Morgan fingerprint density at radius 1 is 1.31 bits per heavy atom. The zero-order chi connectivity index (χ0) is 11.4. The number of rotatable bonds is 5. The third-order valence-electron chi connectivity index (χ3n) is 2.23. The molecular formula is C8H13N5O3. The Kier molecular flexibility index (Phi) is 3.13. The van der Waals surface area contributed by atoms with Crippen LogP contribution in [0.2, 0.25) is 0 Å². The summed E-state index contributed by atoms with van der Waals surface area (Å²) in [4.78, 5) is 20.8. The van der Waals surface area contributed by atoms with Gasteiger partial charge in [-0.3, -0.25) is 14.8 Å². The summed E-state index contributed by atoms with van der Waals surface area (Å²) in [5, 5.41) is 3.22. The van der Waals surface area contributed by atoms with Crippen LogP contribution in [0, 0.1) is 0 Å². The number of nitrogens with zero attached hydrogens (tertiary/aromatic N) is 2. The van der Waals surface area contributed by atoms with Crippen LogP contribution in [0.3, 0.4) is 0 Å². The molecule has 0 aromatic carbocycles. The Labute approximate surface area is 92.1 Å². The van der Waals surface area contributed by atoms with E-state index in [0.29, 0.717) is 13.0 Å². The monoisotopic (exact) mass is 227 g/mol. The molecule has 0 aromatic rings. The van der Waals surface area contributed by atoms with Crippen LogP contribution in [0.15, 0.2) is 24.9 Å². The minimum Gasteiger partial charge on any atom is -0.395 e. The van der Waals surface area contributed by atoms with E-state index in [1.807, 2.05) is 0 Å². The van der Waals surface area contributed by atoms with Crippen molar-refractivity contribution in [1.29, 1.82) is 0 Å². The fraction of sp³-hybridized carbons (Fsp3) is 0.375. The van der Waals surface area contributed by atoms with Crippen molar-refractivity contribution < 1.29 is 14.5 Å². The molecule has 1 atom stereocenters. The molecule has 8 nitrogen and oxygen atoms in total. The van der Waals surface area contributed by atoms with Crippen molar-refractivity contribution in [2.24, 2.45) is 5.73 Å². The van der Waals surface area contributed by atoms with Gasteiger partial charge in [-0.05, 0) is 6.42 Å². The quantitative estimate of drug-likeness (QED) is 0.536. The van der Waals surface area contributed by atoms with E-state index < -0.39 is 11.9 Å². The lowest BCUT2D eigenvalue weighted by atomic mass is 10.2. The molecule has 4 N–H and O–H groups in total. The molecule has 1 unspecified atom stereocenters. The Bertz CT molecular complexity index is 319. The number of nitrogens with two attached hydrogens (primary N) is 1. The molecule has 0 bridgehead atoms. The van der Waals surface area contributed by atoms with E-state index in [0.717, 1.165) is 0 Å². The molecule has 2 aliphatic heterocycles. The highest BCUT2D eigenvalue weighted by atomic mass is 16.7. The van der Waals surface area contributed by atoms with Crippen LogP contribution in [-0.2, 0) is 14.5 Å². The van der Waals surface area contributed by atoms with Gasteiger partial charge >= 0.3 is 0 Å². The van der Waals surface area contributed by atoms with Crippen LogP contribution in [-0.4, -0.2) is 28.5 Å². The van der Waals surface area contributed by atoms with Gasteiger partial charge in [-0.1, -0.05) is 11.2 Å². The number of carbonyl (C=O) groups is 1. The lowest BCUT2D eigenvalue weighted by molar-refractivity contribution is -0.126. The normalized spacial score (nSPS) is 19.8. The summed E-state index contributed by atoms with van der Waals surface area (Å²) in [6.45, 7) is 0.579. The minimum atomic E-state index is -0.477. The van der Waals surface area contributed by atoms with Crippen molar-refractivity contribution >= 4 is 5.91 Å². The van der Waals surface area contributed by atoms with Gasteiger partial charge in [-0.15, -0.1) is 0 Å². The van der Waals surface area contributed by atoms with E-state index in [9.17, 15) is 4.79 Å². The summed E-state index contributed by atoms with van der Waals surface area (Å²) in [5.41, 5.74) is 10.5. The lowest BCUT2D eigenvalue weighted by Gasteiger charge is -2.24. The molecule has 2 aliphatic rings. The molecule has 0 saturated carbocycles. The Balaban J connectivity index is 1.84. The van der Waals surface area contributed by atoms with Crippen LogP contribution in [0.25, 0.3) is 0 Å². The highest BCUT2D eigenvalue weighted by Crippen LogP contribution is 2.08. The van der Waals surface area contributed by atoms with E-state index in [1.165, 1.54) is 17.5 Å². The first-order valence-electron chi connectivity index (χ1n) is 4.77. The van der Waals surface area contributed by atoms with E-state index in [1.54, 1.807) is 17.4 Å². The second-order valence-corrected chi connectivity index (χ2v) is 3.30. The SMILES string of the molecule is NC(=O)C(CCN1C=CON1)N1C=CON1. The van der Waals surface area contributed by atoms with Crippen molar-refractivity contribution in [2.45, 2.75) is 12.5 Å². The average molecular weight is 227 g/mol. The van der Waals surface area contributed by atoms with Gasteiger partial charge in [0.25, 0.3) is 0 Å². The number of carbonyl (C=O) groups excluding carboxylic acids is 1. The zero-order valence-corrected chi connectivity index (χ0v) is 8.50. The van der Waals surface area contributed by atoms with Crippen molar-refractivity contribution in [3.05, 3.63) is 24.9 Å². The van der Waals surface area contributed by atoms with E-state index in [4.69, 9.17) is 15.4 Å². The Morgan fingerprint density at radius 3 is 2.62 bits per heavy atom. The van der Waals surface area contributed by atoms with Crippen molar-refractivity contribution in [2.75, 3.05) is 6.54 Å². The van der Waals surface area contributed by atoms with Crippen LogP contribution < -0.4 is 16.9 Å². The number of primary amides is 1. The van der Waals surface area contributed by atoms with E-state index in [-0.39, 0.29) is 0 Å². The molecule has 16 heavy (non-hydrogen) atoms. The van der Waals surface area contributed by atoms with Gasteiger partial charge in [0, 0.05) is 6.54 Å². The molecule has 88 valence electrons. The second kappa shape index (κ2) is 4.73. The van der Waals surface area contributed by atoms with E-state index >= 15 is 0 Å². The average Bonchev–Trinajstić information content (AvgIpc) is 2.88. The van der Waals surface area contributed by atoms with Crippen molar-refractivity contribution in [1.82, 2.24) is 21.2 Å². The van der Waals surface area contributed by atoms with Crippen LogP contribution >= 0.6 is 0 Å². The van der Waals surface area contributed by atoms with Gasteiger partial charge in [0.05, 0.1) is 12.4 Å². The topological polar surface area (TPSA) is 92.1 Å². The predicted octanol–water partition coefficient (Wildman–Crippen LogP) is -1.32. The fourth-order valence-electron chi connectivity index (χ4n) is 1.42. The summed E-state index contributed by atoms with van der Waals surface area (Å²) in [7, 11) is 0. The Morgan fingerprint density at radius 2 is 2.06 bits per heavy atom. The van der Waals surface area contributed by atoms with Crippen LogP contribution in [0.5, 0.6) is 0 Å². The van der Waals surface area contributed by atoms with Crippen LogP contribution in [0.4, 0.5) is 0 Å². The molecule has 1 amide bonds. The Hall–Kier alpha value is -1.93. The second-order valence-electron chi connectivity index (χ2n) is 3.30. The fourth-order valence-corrected chi connectivity index (χ4v) is 1.42. The molecule has 2 heterocycles. The molecule has 0 aliphatic carbocycles. The molecule has 0 radical (unpaired) electrons. The molecule has 0 saturated heterocycles. The highest BCUT2D eigenvalue weighted by Gasteiger charge is 2.24. The van der Waals surface area contributed by atoms with Crippen molar-refractivity contribution in [3.63, 3.8) is 0 Å². The van der Waals surface area contributed by atoms with Crippen LogP contribution in [0.1, 0.15) is 6.42 Å². The third kappa shape index (κ3) is 2.35. The first kappa shape index (κ1) is 10.6. The molecular weight excluding hydrogens is 214 g/mol. The zero-order valence-electron chi connectivity index (χ0n) is 8.50.